The highest BCUT2D eigenvalue weighted by Crippen LogP contribution is 2.53. The monoisotopic (exact) mass is 274 g/mol. The van der Waals surface area contributed by atoms with E-state index in [2.05, 4.69) is 0 Å². The van der Waals surface area contributed by atoms with Crippen LogP contribution in [0.5, 0.6) is 0 Å². The molecule has 1 N–H and O–H groups in total. The molecule has 2 aliphatic carbocycles. The molecule has 7 heteroatoms. The number of halogens is 6. The zero-order valence-electron chi connectivity index (χ0n) is 9.28. The van der Waals surface area contributed by atoms with E-state index < -0.39 is 30.3 Å². The number of rotatable bonds is 2. The summed E-state index contributed by atoms with van der Waals surface area (Å²) < 4.78 is 75.1. The van der Waals surface area contributed by atoms with Crippen LogP contribution in [0.1, 0.15) is 25.7 Å². The van der Waals surface area contributed by atoms with Crippen LogP contribution in [0.25, 0.3) is 0 Å². The van der Waals surface area contributed by atoms with Gasteiger partial charge in [-0.3, -0.25) is 0 Å². The minimum absolute atomic E-state index is 0.184. The molecule has 0 heterocycles. The molecule has 0 radical (unpaired) electrons. The molecule has 2 atom stereocenters. The summed E-state index contributed by atoms with van der Waals surface area (Å²) in [7, 11) is 0. The second kappa shape index (κ2) is 3.88. The molecule has 0 saturated heterocycles. The molecule has 2 aliphatic rings. The van der Waals surface area contributed by atoms with Crippen LogP contribution in [0.3, 0.4) is 0 Å². The van der Waals surface area contributed by atoms with Crippen LogP contribution < -0.4 is 0 Å². The summed E-state index contributed by atoms with van der Waals surface area (Å²) >= 11 is 0. The van der Waals surface area contributed by atoms with Gasteiger partial charge in [-0.05, 0) is 37.5 Å². The molecule has 18 heavy (non-hydrogen) atoms. The van der Waals surface area contributed by atoms with Crippen molar-refractivity contribution in [3.8, 4) is 0 Å². The van der Waals surface area contributed by atoms with Crippen molar-refractivity contribution in [3.05, 3.63) is 11.6 Å². The molecule has 1 fully saturated rings. The number of alkyl halides is 6. The Morgan fingerprint density at radius 3 is 1.94 bits per heavy atom. The molecule has 0 aromatic heterocycles. The zero-order valence-corrected chi connectivity index (χ0v) is 9.28. The van der Waals surface area contributed by atoms with E-state index in [1.807, 2.05) is 6.08 Å². The van der Waals surface area contributed by atoms with Gasteiger partial charge in [-0.25, -0.2) is 0 Å². The maximum atomic E-state index is 12.5. The molecule has 2 unspecified atom stereocenters. The van der Waals surface area contributed by atoms with Crippen molar-refractivity contribution in [1.29, 1.82) is 0 Å². The first kappa shape index (κ1) is 13.7. The first-order chi connectivity index (χ1) is 8.04. The Labute approximate surface area is 99.5 Å². The normalized spacial score (nSPS) is 28.7. The van der Waals surface area contributed by atoms with Gasteiger partial charge in [-0.2, -0.15) is 26.3 Å². The fourth-order valence-corrected chi connectivity index (χ4v) is 2.86. The lowest BCUT2D eigenvalue weighted by Gasteiger charge is -2.35. The lowest BCUT2D eigenvalue weighted by molar-refractivity contribution is -0.373. The van der Waals surface area contributed by atoms with Gasteiger partial charge in [-0.15, -0.1) is 0 Å². The van der Waals surface area contributed by atoms with Gasteiger partial charge in [0.05, 0.1) is 0 Å². The van der Waals surface area contributed by atoms with Crippen LogP contribution in [0.4, 0.5) is 26.3 Å². The van der Waals surface area contributed by atoms with E-state index in [9.17, 15) is 26.3 Å². The molecule has 0 spiro atoms. The smallest absolute Gasteiger partial charge is 0.374 e. The fraction of sp³-hybridized carbons (Fsp3) is 0.818. The number of aliphatic hydroxyl groups is 1. The van der Waals surface area contributed by atoms with Crippen LogP contribution >= 0.6 is 0 Å². The van der Waals surface area contributed by atoms with E-state index in [4.69, 9.17) is 5.11 Å². The van der Waals surface area contributed by atoms with Gasteiger partial charge in [0.25, 0.3) is 5.60 Å². The highest BCUT2D eigenvalue weighted by molar-refractivity contribution is 5.19. The minimum atomic E-state index is -5.69. The Bertz CT molecular complexity index is 353. The van der Waals surface area contributed by atoms with Crippen LogP contribution in [-0.4, -0.2) is 23.1 Å². The predicted molar refractivity (Wildman–Crippen MR) is 50.6 cm³/mol. The van der Waals surface area contributed by atoms with E-state index in [0.29, 0.717) is 12.8 Å². The molecule has 0 amide bonds. The third kappa shape index (κ3) is 2.02. The van der Waals surface area contributed by atoms with E-state index in [0.717, 1.165) is 5.57 Å². The summed E-state index contributed by atoms with van der Waals surface area (Å²) in [5, 5.41) is 9.10. The van der Waals surface area contributed by atoms with Crippen LogP contribution in [0.15, 0.2) is 11.6 Å². The predicted octanol–water partition coefficient (Wildman–Crippen LogP) is 3.59. The third-order valence-electron chi connectivity index (χ3n) is 3.92. The van der Waals surface area contributed by atoms with E-state index in [-0.39, 0.29) is 12.3 Å². The average molecular weight is 274 g/mol. The van der Waals surface area contributed by atoms with E-state index in [1.54, 1.807) is 0 Å². The SMILES string of the molecule is OC(CC1CC2=CCC1C2)(C(F)(F)F)C(F)(F)F. The third-order valence-corrected chi connectivity index (χ3v) is 3.92. The Kier molecular flexibility index (Phi) is 2.96. The van der Waals surface area contributed by atoms with Gasteiger partial charge in [0.15, 0.2) is 0 Å². The molecule has 2 rings (SSSR count). The van der Waals surface area contributed by atoms with Gasteiger partial charge >= 0.3 is 12.4 Å². The maximum absolute atomic E-state index is 12.5. The Balaban J connectivity index is 2.20. The molecule has 0 aliphatic heterocycles. The second-order valence-corrected chi connectivity index (χ2v) is 5.09. The highest BCUT2D eigenvalue weighted by Gasteiger charge is 2.70. The molecular weight excluding hydrogens is 262 g/mol. The van der Waals surface area contributed by atoms with Gasteiger partial charge in [-0.1, -0.05) is 11.6 Å². The topological polar surface area (TPSA) is 20.2 Å². The van der Waals surface area contributed by atoms with Crippen molar-refractivity contribution in [2.24, 2.45) is 11.8 Å². The summed E-state index contributed by atoms with van der Waals surface area (Å²) in [6.45, 7) is 0. The average Bonchev–Trinajstić information content (AvgIpc) is 2.75. The first-order valence-corrected chi connectivity index (χ1v) is 5.58. The molecule has 1 saturated carbocycles. The van der Waals surface area contributed by atoms with Crippen molar-refractivity contribution in [3.63, 3.8) is 0 Å². The number of hydrogen-bond donors (Lipinski definition) is 1. The summed E-state index contributed by atoms with van der Waals surface area (Å²) in [4.78, 5) is 0. The second-order valence-electron chi connectivity index (χ2n) is 5.09. The van der Waals surface area contributed by atoms with Gasteiger partial charge in [0.2, 0.25) is 0 Å². The molecular formula is C11H12F6O. The lowest BCUT2D eigenvalue weighted by Crippen LogP contribution is -2.58. The Morgan fingerprint density at radius 2 is 1.61 bits per heavy atom. The molecule has 0 aromatic rings. The molecule has 0 aromatic carbocycles. The highest BCUT2D eigenvalue weighted by atomic mass is 19.4. The fourth-order valence-electron chi connectivity index (χ4n) is 2.86. The quantitative estimate of drug-likeness (QED) is 0.602. The van der Waals surface area contributed by atoms with Crippen molar-refractivity contribution < 1.29 is 31.4 Å². The first-order valence-electron chi connectivity index (χ1n) is 5.58. The zero-order chi connectivity index (χ0) is 13.8. The summed E-state index contributed by atoms with van der Waals surface area (Å²) in [6.07, 6.45) is -9.49. The van der Waals surface area contributed by atoms with Gasteiger partial charge in [0, 0.05) is 0 Å². The summed E-state index contributed by atoms with van der Waals surface area (Å²) in [5.74, 6) is -0.922. The van der Waals surface area contributed by atoms with Gasteiger partial charge < -0.3 is 5.11 Å². The number of fused-ring (bicyclic) bond motifs is 2. The Hall–Kier alpha value is -0.720. The van der Waals surface area contributed by atoms with E-state index >= 15 is 0 Å². The van der Waals surface area contributed by atoms with Gasteiger partial charge in [0.1, 0.15) is 0 Å². The largest absolute Gasteiger partial charge is 0.426 e. The van der Waals surface area contributed by atoms with Crippen LogP contribution in [0, 0.1) is 11.8 Å². The van der Waals surface area contributed by atoms with Crippen molar-refractivity contribution in [2.75, 3.05) is 0 Å². The van der Waals surface area contributed by atoms with Crippen molar-refractivity contribution in [1.82, 2.24) is 0 Å². The minimum Gasteiger partial charge on any atom is -0.374 e. The molecule has 2 bridgehead atoms. The van der Waals surface area contributed by atoms with Crippen molar-refractivity contribution in [2.45, 2.75) is 43.6 Å². The van der Waals surface area contributed by atoms with E-state index in [1.165, 1.54) is 0 Å². The van der Waals surface area contributed by atoms with Crippen LogP contribution in [0.2, 0.25) is 0 Å². The Morgan fingerprint density at radius 1 is 1.06 bits per heavy atom. The van der Waals surface area contributed by atoms with Crippen LogP contribution in [-0.2, 0) is 0 Å². The molecule has 104 valence electrons. The molecule has 1 nitrogen and oxygen atoms in total. The number of hydrogen-bond acceptors (Lipinski definition) is 1. The number of allylic oxidation sites excluding steroid dienone is 2. The summed E-state index contributed by atoms with van der Waals surface area (Å²) in [6, 6.07) is 0. The maximum Gasteiger partial charge on any atom is 0.426 e. The lowest BCUT2D eigenvalue weighted by atomic mass is 9.81. The van der Waals surface area contributed by atoms with Crippen molar-refractivity contribution >= 4 is 0 Å². The standard InChI is InChI=1S/C11H12F6O/c12-10(13,14)9(18,11(15,16)17)5-8-4-6-1-2-7(8)3-6/h1,7-8,18H,2-5H2. The summed E-state index contributed by atoms with van der Waals surface area (Å²) in [5.41, 5.74) is -3.67.